The molecule has 1 amide bonds. The number of hydrogen-bond donors (Lipinski definition) is 1. The molecule has 3 nitrogen and oxygen atoms in total. The van der Waals surface area contributed by atoms with Crippen molar-refractivity contribution in [3.05, 3.63) is 59.4 Å². The number of carbonyl (C=O) groups excluding carboxylic acids is 1. The molecule has 3 N–H and O–H groups in total. The molecule has 0 aromatic heterocycles. The van der Waals surface area contributed by atoms with Crippen molar-refractivity contribution in [3.63, 3.8) is 0 Å². The van der Waals surface area contributed by atoms with Gasteiger partial charge in [-0.25, -0.2) is 4.39 Å². The Labute approximate surface area is 147 Å². The number of carbonyl (C=O) groups is 1. The monoisotopic (exact) mass is 339 g/mol. The largest absolute Gasteiger partial charge is 0.354 e. The minimum atomic E-state index is -0.199. The van der Waals surface area contributed by atoms with Crippen molar-refractivity contribution in [2.75, 3.05) is 13.1 Å². The highest BCUT2D eigenvalue weighted by Crippen LogP contribution is 2.51. The van der Waals surface area contributed by atoms with Gasteiger partial charge in [-0.15, -0.1) is 0 Å². The molecule has 2 aromatic carbocycles. The number of rotatable bonds is 3. The molecule has 2 aromatic rings. The SMILES string of the molecule is Cc1cccc(F)c1-c1ccccc1C1CC1C(=O)N1CCC([NH3+])C1. The molecule has 4 rings (SSSR count). The number of quaternary nitrogens is 1. The van der Waals surface area contributed by atoms with E-state index in [1.54, 1.807) is 6.07 Å². The number of likely N-dealkylation sites (tertiary alicyclic amines) is 1. The summed E-state index contributed by atoms with van der Waals surface area (Å²) in [7, 11) is 0. The van der Waals surface area contributed by atoms with Gasteiger partial charge in [-0.2, -0.15) is 0 Å². The first-order valence-corrected chi connectivity index (χ1v) is 9.02. The summed E-state index contributed by atoms with van der Waals surface area (Å²) in [5, 5.41) is 0. The second-order valence-corrected chi connectivity index (χ2v) is 7.41. The normalized spacial score (nSPS) is 25.2. The minimum absolute atomic E-state index is 0.0403. The summed E-state index contributed by atoms with van der Waals surface area (Å²) in [6.07, 6.45) is 1.86. The Morgan fingerprint density at radius 2 is 2.00 bits per heavy atom. The van der Waals surface area contributed by atoms with Crippen molar-refractivity contribution < 1.29 is 14.9 Å². The van der Waals surface area contributed by atoms with Gasteiger partial charge < -0.3 is 10.6 Å². The molecule has 1 saturated carbocycles. The van der Waals surface area contributed by atoms with Crippen LogP contribution < -0.4 is 5.73 Å². The lowest BCUT2D eigenvalue weighted by molar-refractivity contribution is -0.414. The molecule has 0 spiro atoms. The molecule has 1 aliphatic heterocycles. The lowest BCUT2D eigenvalue weighted by Crippen LogP contribution is -2.62. The lowest BCUT2D eigenvalue weighted by Gasteiger charge is -2.16. The number of amides is 1. The molecular formula is C21H24FN2O+. The average molecular weight is 339 g/mol. The molecule has 2 fully saturated rings. The van der Waals surface area contributed by atoms with E-state index in [4.69, 9.17) is 0 Å². The van der Waals surface area contributed by atoms with E-state index in [1.807, 2.05) is 42.2 Å². The van der Waals surface area contributed by atoms with Crippen LogP contribution in [0.5, 0.6) is 0 Å². The fourth-order valence-corrected chi connectivity index (χ4v) is 4.10. The average Bonchev–Trinajstić information content (AvgIpc) is 3.28. The summed E-state index contributed by atoms with van der Waals surface area (Å²) in [4.78, 5) is 14.7. The Bertz CT molecular complexity index is 799. The number of hydrogen-bond acceptors (Lipinski definition) is 1. The van der Waals surface area contributed by atoms with Gasteiger partial charge in [-0.05, 0) is 42.0 Å². The van der Waals surface area contributed by atoms with Crippen molar-refractivity contribution in [1.29, 1.82) is 0 Å². The van der Waals surface area contributed by atoms with Crippen LogP contribution in [0.25, 0.3) is 11.1 Å². The molecule has 25 heavy (non-hydrogen) atoms. The maximum absolute atomic E-state index is 14.5. The van der Waals surface area contributed by atoms with Crippen molar-refractivity contribution in [2.45, 2.75) is 31.7 Å². The van der Waals surface area contributed by atoms with E-state index in [0.717, 1.165) is 42.6 Å². The van der Waals surface area contributed by atoms with Gasteiger partial charge in [0.05, 0.1) is 6.54 Å². The number of halogens is 1. The maximum atomic E-state index is 14.5. The topological polar surface area (TPSA) is 48.0 Å². The van der Waals surface area contributed by atoms with Crippen LogP contribution in [0.1, 0.15) is 29.9 Å². The van der Waals surface area contributed by atoms with Gasteiger partial charge in [-0.3, -0.25) is 4.79 Å². The predicted octanol–water partition coefficient (Wildman–Crippen LogP) is 2.75. The zero-order chi connectivity index (χ0) is 17.6. The Morgan fingerprint density at radius 1 is 1.20 bits per heavy atom. The summed E-state index contributed by atoms with van der Waals surface area (Å²) in [5.74, 6) is 0.289. The predicted molar refractivity (Wildman–Crippen MR) is 95.3 cm³/mol. The van der Waals surface area contributed by atoms with E-state index in [2.05, 4.69) is 5.73 Å². The molecule has 2 aliphatic rings. The van der Waals surface area contributed by atoms with E-state index < -0.39 is 0 Å². The lowest BCUT2D eigenvalue weighted by atomic mass is 9.92. The second-order valence-electron chi connectivity index (χ2n) is 7.41. The Hall–Kier alpha value is -2.20. The highest BCUT2D eigenvalue weighted by Gasteiger charge is 2.47. The summed E-state index contributed by atoms with van der Waals surface area (Å²) < 4.78 is 14.5. The van der Waals surface area contributed by atoms with Crippen LogP contribution >= 0.6 is 0 Å². The van der Waals surface area contributed by atoms with Crippen LogP contribution in [0.4, 0.5) is 4.39 Å². The second kappa shape index (κ2) is 6.26. The smallest absolute Gasteiger partial charge is 0.226 e. The molecule has 1 saturated heterocycles. The fourth-order valence-electron chi connectivity index (χ4n) is 4.10. The summed E-state index contributed by atoms with van der Waals surface area (Å²) in [5.41, 5.74) is 7.68. The van der Waals surface area contributed by atoms with Crippen LogP contribution in [-0.2, 0) is 4.79 Å². The van der Waals surface area contributed by atoms with Gasteiger partial charge >= 0.3 is 0 Å². The first-order chi connectivity index (χ1) is 12.1. The third kappa shape index (κ3) is 2.95. The first kappa shape index (κ1) is 16.3. The van der Waals surface area contributed by atoms with Crippen molar-refractivity contribution in [1.82, 2.24) is 4.90 Å². The van der Waals surface area contributed by atoms with Crippen LogP contribution in [0.2, 0.25) is 0 Å². The van der Waals surface area contributed by atoms with Gasteiger partial charge in [0.25, 0.3) is 0 Å². The molecule has 4 heteroatoms. The quantitative estimate of drug-likeness (QED) is 0.918. The Balaban J connectivity index is 1.62. The number of nitrogens with zero attached hydrogens (tertiary/aromatic N) is 1. The van der Waals surface area contributed by atoms with Crippen molar-refractivity contribution >= 4 is 5.91 Å². The summed E-state index contributed by atoms with van der Waals surface area (Å²) in [6.45, 7) is 3.53. The van der Waals surface area contributed by atoms with E-state index >= 15 is 0 Å². The van der Waals surface area contributed by atoms with E-state index in [1.165, 1.54) is 6.07 Å². The Kier molecular flexibility index (Phi) is 4.08. The summed E-state index contributed by atoms with van der Waals surface area (Å²) >= 11 is 0. The standard InChI is InChI=1S/C21H23FN2O/c1-13-5-4-8-19(22)20(13)16-7-3-2-6-15(16)17-11-18(17)21(25)24-10-9-14(23)12-24/h2-8,14,17-18H,9-12,23H2,1H3/p+1. The molecule has 1 aliphatic carbocycles. The molecule has 1 heterocycles. The number of aryl methyl sites for hydroxylation is 1. The van der Waals surface area contributed by atoms with Gasteiger partial charge in [0.2, 0.25) is 5.91 Å². The fraction of sp³-hybridized carbons (Fsp3) is 0.381. The Morgan fingerprint density at radius 3 is 2.72 bits per heavy atom. The minimum Gasteiger partial charge on any atom is -0.354 e. The van der Waals surface area contributed by atoms with E-state index in [-0.39, 0.29) is 23.6 Å². The zero-order valence-corrected chi connectivity index (χ0v) is 14.5. The van der Waals surface area contributed by atoms with Gasteiger partial charge in [0.15, 0.2) is 0 Å². The molecule has 0 bridgehead atoms. The molecule has 0 radical (unpaired) electrons. The van der Waals surface area contributed by atoms with Crippen LogP contribution in [0.3, 0.4) is 0 Å². The zero-order valence-electron chi connectivity index (χ0n) is 14.5. The highest BCUT2D eigenvalue weighted by molar-refractivity contribution is 5.84. The molecule has 130 valence electrons. The first-order valence-electron chi connectivity index (χ1n) is 9.02. The van der Waals surface area contributed by atoms with Gasteiger partial charge in [0.1, 0.15) is 11.9 Å². The van der Waals surface area contributed by atoms with Crippen LogP contribution in [-0.4, -0.2) is 29.9 Å². The van der Waals surface area contributed by atoms with Crippen LogP contribution in [0.15, 0.2) is 42.5 Å². The van der Waals surface area contributed by atoms with E-state index in [0.29, 0.717) is 11.6 Å². The third-order valence-corrected chi connectivity index (χ3v) is 5.56. The molecule has 3 unspecified atom stereocenters. The maximum Gasteiger partial charge on any atom is 0.226 e. The summed E-state index contributed by atoms with van der Waals surface area (Å²) in [6, 6.07) is 13.5. The molecule has 3 atom stereocenters. The molecular weight excluding hydrogens is 315 g/mol. The van der Waals surface area contributed by atoms with Crippen molar-refractivity contribution in [3.8, 4) is 11.1 Å². The third-order valence-electron chi connectivity index (χ3n) is 5.56. The van der Waals surface area contributed by atoms with Crippen molar-refractivity contribution in [2.24, 2.45) is 5.92 Å². The van der Waals surface area contributed by atoms with Gasteiger partial charge in [-0.1, -0.05) is 36.4 Å². The van der Waals surface area contributed by atoms with Crippen LogP contribution in [0, 0.1) is 18.7 Å². The van der Waals surface area contributed by atoms with Gasteiger partial charge in [0, 0.05) is 24.4 Å². The number of benzene rings is 2. The highest BCUT2D eigenvalue weighted by atomic mass is 19.1. The van der Waals surface area contributed by atoms with E-state index in [9.17, 15) is 9.18 Å².